The number of anilines is 2. The average Bonchev–Trinajstić information content (AvgIpc) is 1.64. The van der Waals surface area contributed by atoms with E-state index in [0.717, 1.165) is 16.7 Å². The van der Waals surface area contributed by atoms with Crippen molar-refractivity contribution < 1.29 is 69.7 Å². The van der Waals surface area contributed by atoms with Crippen molar-refractivity contribution >= 4 is 89.2 Å². The van der Waals surface area contributed by atoms with Gasteiger partial charge in [-0.1, -0.05) is 133 Å². The van der Waals surface area contributed by atoms with Crippen molar-refractivity contribution in [2.45, 2.75) is 139 Å². The number of fused-ring (bicyclic) bond motifs is 2. The van der Waals surface area contributed by atoms with Gasteiger partial charge in [-0.05, 0) is 113 Å². The van der Waals surface area contributed by atoms with Crippen molar-refractivity contribution in [2.75, 3.05) is 44.7 Å². The summed E-state index contributed by atoms with van der Waals surface area (Å²) in [6, 6.07) is 44.5. The van der Waals surface area contributed by atoms with Gasteiger partial charge in [0, 0.05) is 15.7 Å². The molecule has 0 spiro atoms. The van der Waals surface area contributed by atoms with Gasteiger partial charge in [0.25, 0.3) is 11.8 Å². The van der Waals surface area contributed by atoms with Gasteiger partial charge in [0.2, 0.25) is 0 Å². The minimum Gasteiger partial charge on any atom is -0.497 e. The molecule has 3 N–H and O–H groups in total. The fourth-order valence-electron chi connectivity index (χ4n) is 11.5. The Labute approximate surface area is 593 Å². The molecule has 2 fully saturated rings. The van der Waals surface area contributed by atoms with E-state index in [1.54, 1.807) is 84.0 Å². The van der Waals surface area contributed by atoms with E-state index in [2.05, 4.69) is 70.5 Å². The van der Waals surface area contributed by atoms with E-state index in [1.165, 1.54) is 25.3 Å². The lowest BCUT2D eigenvalue weighted by molar-refractivity contribution is -0.0930. The molecule has 530 valence electrons. The van der Waals surface area contributed by atoms with Crippen LogP contribution in [0.25, 0.3) is 22.3 Å². The summed E-state index contributed by atoms with van der Waals surface area (Å²) in [5.74, 6) is 0.575. The molecule has 5 aromatic carbocycles. The van der Waals surface area contributed by atoms with E-state index in [9.17, 15) is 24.3 Å². The molecule has 2 saturated heterocycles. The third-order valence-corrected chi connectivity index (χ3v) is 30.5. The fraction of sp³-hybridized carbons (Fsp3) is 0.386. The molecular formula is C70H82N11O15P2SSi2+. The number of hydrogen-bond donors (Lipinski definition) is 3. The van der Waals surface area contributed by atoms with Gasteiger partial charge in [-0.3, -0.25) is 23.2 Å². The number of nitrogens with one attached hydrogen (secondary N) is 2. The molecule has 0 aliphatic carbocycles. The van der Waals surface area contributed by atoms with Crippen molar-refractivity contribution in [3.05, 3.63) is 193 Å². The largest absolute Gasteiger partial charge is 0.695 e. The summed E-state index contributed by atoms with van der Waals surface area (Å²) in [5, 5.41) is 15.0. The predicted molar refractivity (Wildman–Crippen MR) is 386 cm³/mol. The van der Waals surface area contributed by atoms with Gasteiger partial charge in [-0.2, -0.15) is 5.26 Å². The van der Waals surface area contributed by atoms with E-state index >= 15 is 0 Å². The first-order chi connectivity index (χ1) is 48.2. The van der Waals surface area contributed by atoms with Crippen LogP contribution in [0.3, 0.4) is 0 Å². The molecule has 0 radical (unpaired) electrons. The highest BCUT2D eigenvalue weighted by atomic mass is 32.5. The van der Waals surface area contributed by atoms with E-state index < -0.39 is 115 Å². The van der Waals surface area contributed by atoms with Gasteiger partial charge in [0.1, 0.15) is 60.3 Å². The van der Waals surface area contributed by atoms with Crippen LogP contribution in [-0.2, 0) is 63.1 Å². The zero-order valence-corrected chi connectivity index (χ0v) is 62.6. The summed E-state index contributed by atoms with van der Waals surface area (Å²) >= 11 is 6.58. The highest BCUT2D eigenvalue weighted by Gasteiger charge is 2.58. The number of benzene rings is 5. The van der Waals surface area contributed by atoms with Gasteiger partial charge in [-0.25, -0.2) is 29.9 Å². The second kappa shape index (κ2) is 30.9. The lowest BCUT2D eigenvalue weighted by Gasteiger charge is -2.42. The van der Waals surface area contributed by atoms with E-state index in [4.69, 9.17) is 72.4 Å². The number of ether oxygens (including phenoxy) is 5. The Bertz CT molecular complexity index is 4430. The normalized spacial score (nSPS) is 20.5. The Balaban J connectivity index is 1.03. The Morgan fingerprint density at radius 3 is 1.49 bits per heavy atom. The molecule has 10 atom stereocenters. The molecule has 2 amide bonds. The lowest BCUT2D eigenvalue weighted by Crippen LogP contribution is -2.51. The Hall–Kier alpha value is -7.99. The van der Waals surface area contributed by atoms with Crippen LogP contribution in [0.5, 0.6) is 11.5 Å². The minimum atomic E-state index is -4.34. The summed E-state index contributed by atoms with van der Waals surface area (Å²) in [7, 11) is -6.02. The quantitative estimate of drug-likeness (QED) is 0.0178. The van der Waals surface area contributed by atoms with Gasteiger partial charge in [0.15, 0.2) is 69.2 Å². The topological polar surface area (TPSA) is 308 Å². The van der Waals surface area contributed by atoms with Crippen LogP contribution < -0.4 is 20.1 Å². The maximum atomic E-state index is 13.8. The van der Waals surface area contributed by atoms with Crippen LogP contribution in [0.15, 0.2) is 165 Å². The van der Waals surface area contributed by atoms with Crippen molar-refractivity contribution in [2.24, 2.45) is 0 Å². The fourth-order valence-corrected chi connectivity index (χ4v) is 16.6. The Morgan fingerprint density at radius 1 is 0.604 bits per heavy atom. The van der Waals surface area contributed by atoms with Crippen LogP contribution in [0.4, 0.5) is 11.6 Å². The number of aromatic nitrogens is 8. The highest BCUT2D eigenvalue weighted by Crippen LogP contribution is 2.57. The molecule has 2 aliphatic heterocycles. The molecule has 9 aromatic rings. The molecule has 101 heavy (non-hydrogen) atoms. The van der Waals surface area contributed by atoms with Crippen LogP contribution in [0.1, 0.15) is 97.8 Å². The SMILES string of the molecule is COc1ccc(C(OC[C@H]2O[C@@H](n3cnc4c(NC(=O)c5ccccc5)ncnc43)[C@H](OP(=S)(OCCC#N)OC[C@H]3OC(n4cnc5c(NC(=O)c6ccccc6)ncnc54)[C@H](O[Si](C)(C)C(C)(C)C)[C@@H]3O[P+](=O)O)[C@@H]2O[Si](C)(C)C(C)(C)C)(c2ccccc2)c2ccc(OC)cc2)cc1. The van der Waals surface area contributed by atoms with Crippen molar-refractivity contribution in [3.63, 3.8) is 0 Å². The number of rotatable bonds is 28. The first-order valence-corrected chi connectivity index (χ1v) is 42.2. The van der Waals surface area contributed by atoms with Crippen LogP contribution in [-0.4, -0.2) is 143 Å². The number of amides is 2. The molecule has 26 nitrogen and oxygen atoms in total. The standard InChI is InChI=1S/C70H81N11O15P2SSi2/c1-68(2,3)100(9,10)95-57-52(39-88-70(47-27-20-15-21-28-47,48-29-33-50(86-7)34-30-48)49-31-35-51(87-8)36-32-49)91-66(80-43-76-54-60(72-41-74-62(54)80)78-64(82)45-23-16-13-17-24-45)58(57)94-98(99,89-38-22-37-71)90-40-53-56(93-97(84)85)59(96-101(11,12)69(4,5)6)67(92-53)81-44-77-55-61(73-42-75-63(55)81)79-65(83)46-25-18-14-19-26-46/h13-21,23-36,41-44,52-53,56-59,66-67H,22,38-40H2,1-12H3,(H2-,72,73,74,75,78,79,82,83,84,85)/p+1/t52-,53-,56-,57-,58-,59-,66-,67?,98?/m1/s1. The molecule has 3 unspecified atom stereocenters. The molecular weight excluding hydrogens is 1390 g/mol. The Morgan fingerprint density at radius 2 is 1.04 bits per heavy atom. The number of hydrogen-bond acceptors (Lipinski definition) is 22. The zero-order chi connectivity index (χ0) is 72.1. The first-order valence-electron chi connectivity index (χ1n) is 32.7. The summed E-state index contributed by atoms with van der Waals surface area (Å²) in [6.07, 6.45) is -4.41. The van der Waals surface area contributed by atoms with E-state index in [0.29, 0.717) is 22.6 Å². The molecule has 6 heterocycles. The summed E-state index contributed by atoms with van der Waals surface area (Å²) in [5.41, 5.74) is 2.48. The minimum absolute atomic E-state index is 0.102. The predicted octanol–water partition coefficient (Wildman–Crippen LogP) is 13.4. The molecule has 0 bridgehead atoms. The second-order valence-corrected chi connectivity index (χ2v) is 40.4. The number of carbonyl (C=O) groups is 2. The smallest absolute Gasteiger partial charge is 0.497 e. The van der Waals surface area contributed by atoms with E-state index in [1.807, 2.05) is 113 Å². The van der Waals surface area contributed by atoms with Crippen molar-refractivity contribution in [1.82, 2.24) is 39.0 Å². The highest BCUT2D eigenvalue weighted by molar-refractivity contribution is 8.07. The summed E-state index contributed by atoms with van der Waals surface area (Å²) in [6.45, 7) is 15.3. The maximum absolute atomic E-state index is 13.8. The summed E-state index contributed by atoms with van der Waals surface area (Å²) in [4.78, 5) is 65.8. The number of methoxy groups -OCH3 is 2. The average molecular weight is 1470 g/mol. The molecule has 31 heteroatoms. The maximum Gasteiger partial charge on any atom is 0.695 e. The molecule has 0 saturated carbocycles. The van der Waals surface area contributed by atoms with Gasteiger partial charge in [0.05, 0.1) is 59.2 Å². The monoisotopic (exact) mass is 1470 g/mol. The van der Waals surface area contributed by atoms with Gasteiger partial charge in [-0.15, -0.1) is 9.42 Å². The third-order valence-electron chi connectivity index (χ3n) is 18.8. The van der Waals surface area contributed by atoms with Crippen LogP contribution >= 0.6 is 15.0 Å². The number of imidazole rings is 2. The molecule has 4 aromatic heterocycles. The van der Waals surface area contributed by atoms with Crippen molar-refractivity contribution in [1.29, 1.82) is 5.26 Å². The first kappa shape index (κ1) is 74.2. The van der Waals surface area contributed by atoms with Gasteiger partial charge >= 0.3 is 15.0 Å². The zero-order valence-electron chi connectivity index (χ0n) is 58.0. The second-order valence-electron chi connectivity index (χ2n) is 27.2. The Kier molecular flexibility index (Phi) is 22.7. The van der Waals surface area contributed by atoms with Crippen molar-refractivity contribution in [3.8, 4) is 17.6 Å². The molecule has 2 aliphatic rings. The number of nitriles is 1. The van der Waals surface area contributed by atoms with Gasteiger partial charge < -0.3 is 52.2 Å². The van der Waals surface area contributed by atoms with Crippen LogP contribution in [0.2, 0.25) is 36.3 Å². The van der Waals surface area contributed by atoms with Crippen LogP contribution in [0, 0.1) is 11.3 Å². The van der Waals surface area contributed by atoms with E-state index in [-0.39, 0.29) is 53.6 Å². The number of nitrogens with zero attached hydrogens (tertiary/aromatic N) is 9. The molecule has 11 rings (SSSR count). The lowest BCUT2D eigenvalue weighted by atomic mass is 9.80. The third kappa shape index (κ3) is 16.1. The number of carbonyl (C=O) groups excluding carboxylic acids is 2. The summed E-state index contributed by atoms with van der Waals surface area (Å²) < 4.78 is 91.6.